The van der Waals surface area contributed by atoms with Crippen molar-refractivity contribution in [1.82, 2.24) is 9.62 Å². The van der Waals surface area contributed by atoms with Gasteiger partial charge in [0.1, 0.15) is 0 Å². The van der Waals surface area contributed by atoms with Gasteiger partial charge in [0.2, 0.25) is 10.0 Å². The van der Waals surface area contributed by atoms with Gasteiger partial charge < -0.3 is 10.6 Å². The van der Waals surface area contributed by atoms with E-state index in [4.69, 9.17) is 5.73 Å². The standard InChI is InChI=1S/C10H19N3O2S2/c1-8(6-13(2)3)12-17(14,15)10-4-9(5-11)16-7-10/h4,7-8,12H,5-6,11H2,1-3H3. The first-order valence-electron chi connectivity index (χ1n) is 5.29. The van der Waals surface area contributed by atoms with Crippen molar-refractivity contribution < 1.29 is 8.42 Å². The first kappa shape index (κ1) is 14.6. The summed E-state index contributed by atoms with van der Waals surface area (Å²) in [5.74, 6) is 0. The van der Waals surface area contributed by atoms with E-state index in [9.17, 15) is 8.42 Å². The highest BCUT2D eigenvalue weighted by molar-refractivity contribution is 7.89. The molecule has 1 aromatic rings. The van der Waals surface area contributed by atoms with Gasteiger partial charge >= 0.3 is 0 Å². The normalized spacial score (nSPS) is 14.2. The van der Waals surface area contributed by atoms with Crippen LogP contribution in [0.3, 0.4) is 0 Å². The van der Waals surface area contributed by atoms with E-state index in [1.54, 1.807) is 11.4 Å². The SMILES string of the molecule is CC(CN(C)C)NS(=O)(=O)c1csc(CN)c1. The number of thiophene rings is 1. The molecule has 7 heteroatoms. The fourth-order valence-electron chi connectivity index (χ4n) is 1.53. The molecule has 1 aromatic heterocycles. The van der Waals surface area contributed by atoms with Crippen molar-refractivity contribution in [3.63, 3.8) is 0 Å². The zero-order valence-corrected chi connectivity index (χ0v) is 11.9. The molecule has 0 aliphatic heterocycles. The molecule has 0 radical (unpaired) electrons. The Kier molecular flexibility index (Phi) is 5.08. The van der Waals surface area contributed by atoms with E-state index < -0.39 is 10.0 Å². The Labute approximate surface area is 107 Å². The Morgan fingerprint density at radius 2 is 2.18 bits per heavy atom. The van der Waals surface area contributed by atoms with Gasteiger partial charge in [0.05, 0.1) is 4.90 Å². The second kappa shape index (κ2) is 5.92. The molecule has 1 atom stereocenters. The summed E-state index contributed by atoms with van der Waals surface area (Å²) < 4.78 is 26.6. The molecule has 3 N–H and O–H groups in total. The van der Waals surface area contributed by atoms with E-state index in [1.165, 1.54) is 11.3 Å². The second-order valence-corrected chi connectivity index (χ2v) is 6.95. The van der Waals surface area contributed by atoms with Crippen LogP contribution in [0.4, 0.5) is 0 Å². The van der Waals surface area contributed by atoms with Crippen molar-refractivity contribution in [2.75, 3.05) is 20.6 Å². The lowest BCUT2D eigenvalue weighted by Crippen LogP contribution is -2.39. The minimum Gasteiger partial charge on any atom is -0.326 e. The van der Waals surface area contributed by atoms with Crippen LogP contribution in [0.1, 0.15) is 11.8 Å². The average Bonchev–Trinajstić information content (AvgIpc) is 2.63. The third kappa shape index (κ3) is 4.36. The van der Waals surface area contributed by atoms with Crippen LogP contribution in [0.2, 0.25) is 0 Å². The average molecular weight is 277 g/mol. The van der Waals surface area contributed by atoms with Gasteiger partial charge in [-0.3, -0.25) is 0 Å². The van der Waals surface area contributed by atoms with Gasteiger partial charge in [-0.15, -0.1) is 11.3 Å². The third-order valence-electron chi connectivity index (χ3n) is 2.14. The zero-order valence-electron chi connectivity index (χ0n) is 10.3. The smallest absolute Gasteiger partial charge is 0.241 e. The number of nitrogens with one attached hydrogen (secondary N) is 1. The Hall–Kier alpha value is -0.470. The van der Waals surface area contributed by atoms with Crippen molar-refractivity contribution in [2.24, 2.45) is 5.73 Å². The quantitative estimate of drug-likeness (QED) is 0.791. The first-order chi connectivity index (χ1) is 7.85. The summed E-state index contributed by atoms with van der Waals surface area (Å²) >= 11 is 1.36. The van der Waals surface area contributed by atoms with Crippen molar-refractivity contribution in [3.8, 4) is 0 Å². The molecule has 0 aliphatic rings. The number of nitrogens with two attached hydrogens (primary N) is 1. The fraction of sp³-hybridized carbons (Fsp3) is 0.600. The predicted molar refractivity (Wildman–Crippen MR) is 70.5 cm³/mol. The fourth-order valence-corrected chi connectivity index (χ4v) is 3.92. The van der Waals surface area contributed by atoms with E-state index >= 15 is 0 Å². The van der Waals surface area contributed by atoms with Crippen LogP contribution in [0.25, 0.3) is 0 Å². The van der Waals surface area contributed by atoms with Gasteiger partial charge in [-0.2, -0.15) is 0 Å². The predicted octanol–water partition coefficient (Wildman–Crippen LogP) is 0.435. The molecular formula is C10H19N3O2S2. The molecule has 0 spiro atoms. The van der Waals surface area contributed by atoms with Crippen LogP contribution >= 0.6 is 11.3 Å². The molecule has 1 rings (SSSR count). The van der Waals surface area contributed by atoms with Gasteiger partial charge in [0, 0.05) is 29.4 Å². The largest absolute Gasteiger partial charge is 0.326 e. The zero-order chi connectivity index (χ0) is 13.1. The van der Waals surface area contributed by atoms with E-state index in [0.29, 0.717) is 18.0 Å². The van der Waals surface area contributed by atoms with Crippen LogP contribution in [-0.2, 0) is 16.6 Å². The maximum absolute atomic E-state index is 12.0. The van der Waals surface area contributed by atoms with Crippen LogP contribution in [-0.4, -0.2) is 40.0 Å². The molecule has 0 saturated carbocycles. The lowest BCUT2D eigenvalue weighted by molar-refractivity contribution is 0.370. The number of sulfonamides is 1. The Morgan fingerprint density at radius 1 is 1.53 bits per heavy atom. The van der Waals surface area contributed by atoms with Crippen LogP contribution in [0.5, 0.6) is 0 Å². The number of rotatable bonds is 6. The molecule has 98 valence electrons. The van der Waals surface area contributed by atoms with Gasteiger partial charge in [-0.1, -0.05) is 0 Å². The number of nitrogens with zero attached hydrogens (tertiary/aromatic N) is 1. The minimum atomic E-state index is -3.42. The summed E-state index contributed by atoms with van der Waals surface area (Å²) in [6.07, 6.45) is 0. The topological polar surface area (TPSA) is 75.4 Å². The summed E-state index contributed by atoms with van der Waals surface area (Å²) in [6.45, 7) is 2.87. The molecule has 0 aromatic carbocycles. The van der Waals surface area contributed by atoms with Gasteiger partial charge in [-0.25, -0.2) is 13.1 Å². The maximum atomic E-state index is 12.0. The monoisotopic (exact) mass is 277 g/mol. The number of hydrogen-bond acceptors (Lipinski definition) is 5. The van der Waals surface area contributed by atoms with E-state index in [1.807, 2.05) is 25.9 Å². The summed E-state index contributed by atoms with van der Waals surface area (Å²) in [7, 11) is 0.393. The highest BCUT2D eigenvalue weighted by Gasteiger charge is 2.18. The van der Waals surface area contributed by atoms with Crippen LogP contribution in [0, 0.1) is 0 Å². The van der Waals surface area contributed by atoms with Crippen LogP contribution < -0.4 is 10.5 Å². The first-order valence-corrected chi connectivity index (χ1v) is 7.66. The molecule has 17 heavy (non-hydrogen) atoms. The van der Waals surface area contributed by atoms with Crippen LogP contribution in [0.15, 0.2) is 16.3 Å². The van der Waals surface area contributed by atoms with Crippen molar-refractivity contribution >= 4 is 21.4 Å². The van der Waals surface area contributed by atoms with Gasteiger partial charge in [-0.05, 0) is 27.1 Å². The van der Waals surface area contributed by atoms with E-state index in [-0.39, 0.29) is 6.04 Å². The highest BCUT2D eigenvalue weighted by Crippen LogP contribution is 2.18. The van der Waals surface area contributed by atoms with E-state index in [2.05, 4.69) is 4.72 Å². The Morgan fingerprint density at radius 3 is 2.65 bits per heavy atom. The number of likely N-dealkylation sites (N-methyl/N-ethyl adjacent to an activating group) is 1. The van der Waals surface area contributed by atoms with Crippen molar-refractivity contribution in [1.29, 1.82) is 0 Å². The molecule has 0 fully saturated rings. The summed E-state index contributed by atoms with van der Waals surface area (Å²) in [6, 6.07) is 1.49. The molecule has 5 nitrogen and oxygen atoms in total. The van der Waals surface area contributed by atoms with Gasteiger partial charge in [0.15, 0.2) is 0 Å². The van der Waals surface area contributed by atoms with E-state index in [0.717, 1.165) is 4.88 Å². The molecule has 1 unspecified atom stereocenters. The number of hydrogen-bond donors (Lipinski definition) is 2. The molecule has 0 bridgehead atoms. The lowest BCUT2D eigenvalue weighted by atomic mass is 10.3. The van der Waals surface area contributed by atoms with Crippen molar-refractivity contribution in [3.05, 3.63) is 16.3 Å². The Bertz CT molecular complexity index is 454. The molecule has 0 amide bonds. The lowest BCUT2D eigenvalue weighted by Gasteiger charge is -2.17. The third-order valence-corrected chi connectivity index (χ3v) is 4.81. The second-order valence-electron chi connectivity index (χ2n) is 4.24. The Balaban J connectivity index is 2.74. The maximum Gasteiger partial charge on any atom is 0.241 e. The van der Waals surface area contributed by atoms with Crippen molar-refractivity contribution in [2.45, 2.75) is 24.4 Å². The highest BCUT2D eigenvalue weighted by atomic mass is 32.2. The molecular weight excluding hydrogens is 258 g/mol. The molecule has 0 saturated heterocycles. The van der Waals surface area contributed by atoms with Gasteiger partial charge in [0.25, 0.3) is 0 Å². The summed E-state index contributed by atoms with van der Waals surface area (Å²) in [5, 5.41) is 1.62. The molecule has 1 heterocycles. The summed E-state index contributed by atoms with van der Waals surface area (Å²) in [5.41, 5.74) is 5.46. The minimum absolute atomic E-state index is 0.128. The summed E-state index contributed by atoms with van der Waals surface area (Å²) in [4.78, 5) is 3.10. The molecule has 0 aliphatic carbocycles.